The minimum absolute atomic E-state index is 0.00185. The van der Waals surface area contributed by atoms with E-state index in [1.165, 1.54) is 10.1 Å². The number of rotatable bonds is 5. The van der Waals surface area contributed by atoms with Crippen LogP contribution in [0.2, 0.25) is 0 Å². The van der Waals surface area contributed by atoms with Gasteiger partial charge in [0.1, 0.15) is 11.6 Å². The minimum Gasteiger partial charge on any atom is -0.330 e. The number of allylic oxidation sites excluding steroid dienone is 4. The van der Waals surface area contributed by atoms with Crippen molar-refractivity contribution in [1.82, 2.24) is 55.1 Å². The Bertz CT molecular complexity index is 3950. The molecule has 20 heteroatoms. The van der Waals surface area contributed by atoms with Crippen LogP contribution < -0.4 is 37.7 Å². The van der Waals surface area contributed by atoms with Crippen LogP contribution in [-0.2, 0) is 49.3 Å². The van der Waals surface area contributed by atoms with Crippen molar-refractivity contribution in [3.63, 3.8) is 0 Å². The quantitative estimate of drug-likeness (QED) is 0.0932. The van der Waals surface area contributed by atoms with Gasteiger partial charge in [0, 0.05) is 85.2 Å². The Morgan fingerprint density at radius 1 is 0.500 bits per heavy atom. The Kier molecular flexibility index (Phi) is 18.2. The van der Waals surface area contributed by atoms with Gasteiger partial charge in [-0.05, 0) is 113 Å². The van der Waals surface area contributed by atoms with Gasteiger partial charge in [-0.3, -0.25) is 48.7 Å². The monoisotopic (exact) mass is 1130 g/mol. The number of aromatic nitrogens is 6. The third kappa shape index (κ3) is 13.4. The van der Waals surface area contributed by atoms with Crippen molar-refractivity contribution in [3.8, 4) is 0 Å². The summed E-state index contributed by atoms with van der Waals surface area (Å²) >= 11 is 0. The zero-order valence-corrected chi connectivity index (χ0v) is 47.3. The number of para-hydroxylation sites is 3. The summed E-state index contributed by atoms with van der Waals surface area (Å²) < 4.78 is 5.43. The van der Waals surface area contributed by atoms with E-state index >= 15 is 0 Å². The number of benzene rings is 2. The van der Waals surface area contributed by atoms with Gasteiger partial charge in [0.25, 0.3) is 11.1 Å². The molecule has 5 unspecified atom stereocenters. The summed E-state index contributed by atoms with van der Waals surface area (Å²) in [4.78, 5) is 110. The molecule has 5 atom stereocenters. The number of carbonyl (C=O) groups is 6. The lowest BCUT2D eigenvalue weighted by Gasteiger charge is -2.23. The van der Waals surface area contributed by atoms with Crippen LogP contribution in [0.25, 0.3) is 16.6 Å². The molecule has 20 nitrogen and oxygen atoms in total. The SMILES string of the molecule is C=C1CCC(C2=Nc3ccccc3C2)C(=O)N1.C=C1CCC(c2ccc[nH]c2=O)C(=O)N1.C=C1CCC(c2cccn(C)c2=O)C(=O)N1.C=C1CCC(c2nc(C)c3ccccn23)C(=O)N1.Cn1c(C2CCC(=O)NC2=O)nc2ccccc21. The Morgan fingerprint density at radius 3 is 1.63 bits per heavy atom. The van der Waals surface area contributed by atoms with Crippen LogP contribution in [-0.4, -0.2) is 69.6 Å². The van der Waals surface area contributed by atoms with E-state index in [0.717, 1.165) is 113 Å². The van der Waals surface area contributed by atoms with Gasteiger partial charge in [0.05, 0.1) is 57.5 Å². The predicted octanol–water partition coefficient (Wildman–Crippen LogP) is 7.37. The molecule has 6 aliphatic rings. The number of fused-ring (bicyclic) bond motifs is 3. The summed E-state index contributed by atoms with van der Waals surface area (Å²) in [6, 6.07) is 28.7. The van der Waals surface area contributed by atoms with Gasteiger partial charge in [-0.15, -0.1) is 0 Å². The molecule has 6 N–H and O–H groups in total. The number of hydrogen-bond donors (Lipinski definition) is 6. The molecule has 2 aromatic carbocycles. The van der Waals surface area contributed by atoms with Crippen molar-refractivity contribution in [2.75, 3.05) is 0 Å². The standard InChI is InChI=1S/C14H15N3O.C14H14N2O.C13H13N3O2.C12H14N2O2.C11H12N2O2/c1-9-6-7-11(14(18)15-9)13-16-10(2)12-5-3-4-8-17(12)13;1-9-6-7-11(14(17)15-9)13-8-10-4-2-3-5-12(10)16-13;1-16-10-5-3-2-4-9(10)14-12(16)8-6-7-11(17)15-13(8)18;1-8-5-6-9(11(15)13-8)10-4-3-7-14(2)12(10)16;1-7-4-5-9(11(15)13-7)8-3-2-6-12-10(8)14/h3-5,8,11H,1,6-7H2,2H3,(H,15,18);2-5,11H,1,6-8H2,(H,15,17);2-5,8H,6-7H2,1H3,(H,15,17,18);3-4,7,9H,1,5-6H2,2H3,(H,13,15);2-3,6,9H,1,4-5H2,(H,12,14)(H,13,15). The van der Waals surface area contributed by atoms with Crippen molar-refractivity contribution in [2.45, 2.75) is 101 Å². The molecule has 6 aliphatic heterocycles. The normalized spacial score (nSPS) is 21.0. The number of piperidine rings is 5. The van der Waals surface area contributed by atoms with E-state index < -0.39 is 0 Å². The van der Waals surface area contributed by atoms with Crippen LogP contribution in [0.15, 0.2) is 173 Å². The van der Waals surface area contributed by atoms with E-state index in [4.69, 9.17) is 0 Å². The molecule has 6 amide bonds. The summed E-state index contributed by atoms with van der Waals surface area (Å²) in [5.74, 6) is -0.385. The number of nitrogens with zero attached hydrogens (tertiary/aromatic N) is 6. The summed E-state index contributed by atoms with van der Waals surface area (Å²) in [7, 11) is 3.58. The molecular formula is C64H68N12O8. The van der Waals surface area contributed by atoms with Gasteiger partial charge in [-0.2, -0.15) is 0 Å². The van der Waals surface area contributed by atoms with Gasteiger partial charge < -0.3 is 39.8 Å². The zero-order valence-electron chi connectivity index (χ0n) is 47.3. The second-order valence-electron chi connectivity index (χ2n) is 21.5. The third-order valence-corrected chi connectivity index (χ3v) is 15.6. The molecule has 11 heterocycles. The maximum atomic E-state index is 12.0. The van der Waals surface area contributed by atoms with E-state index in [9.17, 15) is 38.4 Å². The first-order valence-electron chi connectivity index (χ1n) is 28.0. The van der Waals surface area contributed by atoms with Crippen molar-refractivity contribution in [3.05, 3.63) is 213 Å². The van der Waals surface area contributed by atoms with Crippen LogP contribution >= 0.6 is 0 Å². The fourth-order valence-electron chi connectivity index (χ4n) is 11.1. The van der Waals surface area contributed by atoms with Crippen LogP contribution in [0.3, 0.4) is 0 Å². The van der Waals surface area contributed by atoms with Gasteiger partial charge in [0.2, 0.25) is 35.4 Å². The number of imidazole rings is 2. The predicted molar refractivity (Wildman–Crippen MR) is 320 cm³/mol. The maximum absolute atomic E-state index is 12.0. The second-order valence-corrected chi connectivity index (χ2v) is 21.5. The molecule has 0 bridgehead atoms. The molecule has 0 saturated carbocycles. The topological polar surface area (TPSA) is 265 Å². The fraction of sp³-hybridized carbons (Fsp3) is 0.297. The van der Waals surface area contributed by atoms with Crippen LogP contribution in [0, 0.1) is 12.8 Å². The van der Waals surface area contributed by atoms with E-state index in [1.807, 2.05) is 89.8 Å². The van der Waals surface area contributed by atoms with Crippen molar-refractivity contribution in [2.24, 2.45) is 25.0 Å². The summed E-state index contributed by atoms with van der Waals surface area (Å²) in [5, 5.41) is 13.4. The van der Waals surface area contributed by atoms with Gasteiger partial charge in [-0.25, -0.2) is 9.97 Å². The average molecular weight is 1130 g/mol. The highest BCUT2D eigenvalue weighted by atomic mass is 16.2. The number of amides is 6. The van der Waals surface area contributed by atoms with Crippen LogP contribution in [0.5, 0.6) is 0 Å². The molecule has 432 valence electrons. The van der Waals surface area contributed by atoms with Gasteiger partial charge >= 0.3 is 0 Å². The van der Waals surface area contributed by atoms with E-state index in [0.29, 0.717) is 36.8 Å². The molecule has 0 aliphatic carbocycles. The largest absolute Gasteiger partial charge is 0.330 e. The van der Waals surface area contributed by atoms with E-state index in [1.54, 1.807) is 43.7 Å². The number of nitrogens with one attached hydrogen (secondary N) is 6. The zero-order chi connectivity index (χ0) is 59.8. The molecule has 5 fully saturated rings. The van der Waals surface area contributed by atoms with Gasteiger partial charge in [0.15, 0.2) is 0 Å². The molecule has 5 aromatic heterocycles. The lowest BCUT2D eigenvalue weighted by molar-refractivity contribution is -0.134. The number of carbonyl (C=O) groups excluding carboxylic acids is 6. The van der Waals surface area contributed by atoms with Crippen LogP contribution in [0.4, 0.5) is 5.69 Å². The fourth-order valence-corrected chi connectivity index (χ4v) is 11.1. The molecular weight excluding hydrogens is 1060 g/mol. The Hall–Kier alpha value is -9.85. The highest BCUT2D eigenvalue weighted by molar-refractivity contribution is 6.09. The lowest BCUT2D eigenvalue weighted by Crippen LogP contribution is -2.40. The first kappa shape index (κ1) is 58.8. The second kappa shape index (κ2) is 25.9. The maximum Gasteiger partial charge on any atom is 0.254 e. The van der Waals surface area contributed by atoms with E-state index in [2.05, 4.69) is 78.9 Å². The number of aromatic amines is 1. The molecule has 13 rings (SSSR count). The number of imide groups is 1. The molecule has 7 aromatic rings. The first-order valence-corrected chi connectivity index (χ1v) is 28.0. The van der Waals surface area contributed by atoms with Crippen molar-refractivity contribution in [1.29, 1.82) is 0 Å². The summed E-state index contributed by atoms with van der Waals surface area (Å²) in [6.45, 7) is 17.0. The Labute approximate surface area is 485 Å². The molecule has 0 spiro atoms. The highest BCUT2D eigenvalue weighted by Crippen LogP contribution is 2.33. The van der Waals surface area contributed by atoms with E-state index in [-0.39, 0.29) is 76.2 Å². The minimum atomic E-state index is -0.347. The van der Waals surface area contributed by atoms with Crippen molar-refractivity contribution < 1.29 is 28.8 Å². The summed E-state index contributed by atoms with van der Waals surface area (Å²) in [6.07, 6.45) is 13.0. The Morgan fingerprint density at radius 2 is 1.02 bits per heavy atom. The lowest BCUT2D eigenvalue weighted by atomic mass is 9.90. The average Bonchev–Trinajstić information content (AvgIpc) is 2.65. The summed E-state index contributed by atoms with van der Waals surface area (Å²) in [5.41, 5.74) is 11.0. The first-order chi connectivity index (χ1) is 40.3. The molecule has 5 saturated heterocycles. The number of aliphatic imine (C=N–C) groups is 1. The van der Waals surface area contributed by atoms with Crippen molar-refractivity contribution >= 4 is 63.4 Å². The highest BCUT2D eigenvalue weighted by Gasteiger charge is 2.34. The van der Waals surface area contributed by atoms with Crippen LogP contribution in [0.1, 0.15) is 122 Å². The number of hydrogen-bond acceptors (Lipinski definition) is 11. The molecule has 0 radical (unpaired) electrons. The number of pyridine rings is 3. The Balaban J connectivity index is 0.000000126. The number of H-pyrrole nitrogens is 1. The third-order valence-electron chi connectivity index (χ3n) is 15.6. The number of aryl methyl sites for hydroxylation is 3. The molecule has 84 heavy (non-hydrogen) atoms. The smallest absolute Gasteiger partial charge is 0.254 e. The van der Waals surface area contributed by atoms with Gasteiger partial charge in [-0.1, -0.05) is 74.8 Å².